The van der Waals surface area contributed by atoms with Gasteiger partial charge in [-0.3, -0.25) is 19.2 Å². The molecule has 4 fully saturated rings. The van der Waals surface area contributed by atoms with Gasteiger partial charge in [0, 0.05) is 23.7 Å². The molecule has 0 N–H and O–H groups in total. The lowest BCUT2D eigenvalue weighted by atomic mass is 9.33. The van der Waals surface area contributed by atoms with Crippen LogP contribution < -0.4 is 0 Å². The van der Waals surface area contributed by atoms with E-state index in [0.29, 0.717) is 19.3 Å². The van der Waals surface area contributed by atoms with E-state index < -0.39 is 17.6 Å². The fourth-order valence-electron chi connectivity index (χ4n) is 11.4. The number of nitrogens with zero attached hydrogens (tertiary/aromatic N) is 1. The molecule has 5 rings (SSSR count). The first-order valence-corrected chi connectivity index (χ1v) is 16.6. The fraction of sp³-hybridized carbons (Fsp3) is 0.857. The topological polar surface area (TPSA) is 72.9 Å². The van der Waals surface area contributed by atoms with Gasteiger partial charge in [-0.05, 0) is 104 Å². The van der Waals surface area contributed by atoms with Crippen molar-refractivity contribution < 1.29 is 37.1 Å². The summed E-state index contributed by atoms with van der Waals surface area (Å²) in [4.78, 5) is 44.9. The zero-order valence-corrected chi connectivity index (χ0v) is 28.1. The van der Waals surface area contributed by atoms with Crippen molar-refractivity contribution in [2.45, 2.75) is 133 Å². The number of ketones is 1. The third-order valence-corrected chi connectivity index (χ3v) is 14.0. The summed E-state index contributed by atoms with van der Waals surface area (Å²) in [6.45, 7) is 17.7. The van der Waals surface area contributed by atoms with Crippen LogP contribution in [-0.4, -0.2) is 41.7 Å². The highest BCUT2D eigenvalue weighted by atomic mass is 19.4. The van der Waals surface area contributed by atoms with Crippen LogP contribution in [0.25, 0.3) is 0 Å². The highest BCUT2D eigenvalue weighted by molar-refractivity contribution is 5.95. The van der Waals surface area contributed by atoms with E-state index in [2.05, 4.69) is 41.5 Å². The molecule has 5 aliphatic rings. The van der Waals surface area contributed by atoms with Crippen LogP contribution in [0.4, 0.5) is 13.2 Å². The standard InChI is InChI=1S/C35H52F3NO5/c1-10-43-39(35(36,37)38)28(42)31(6)16-15-30(5)17-18-33(8)22(23(30)20-31)19-24(41)27-32(7)13-12-26(44-21(2)40)29(3,4)25(32)11-14-34(27,33)9/h19,23,25-27H,10-18,20H2,1-9H3/t23-,25?,26-,27+,30+,31-,32-,33+,34+/m0/s1. The number of carbonyl (C=O) groups is 3. The van der Waals surface area contributed by atoms with E-state index in [9.17, 15) is 27.6 Å². The van der Waals surface area contributed by atoms with Crippen molar-refractivity contribution in [3.8, 4) is 0 Å². The number of ether oxygens (including phenoxy) is 1. The number of rotatable bonds is 4. The molecule has 0 bridgehead atoms. The molecule has 248 valence electrons. The molecule has 9 heteroatoms. The van der Waals surface area contributed by atoms with Gasteiger partial charge in [-0.1, -0.05) is 54.0 Å². The smallest absolute Gasteiger partial charge is 0.462 e. The zero-order chi connectivity index (χ0) is 32.9. The van der Waals surface area contributed by atoms with Crippen LogP contribution in [0.1, 0.15) is 120 Å². The summed E-state index contributed by atoms with van der Waals surface area (Å²) in [5, 5.41) is -0.370. The van der Waals surface area contributed by atoms with Gasteiger partial charge in [-0.15, -0.1) is 18.2 Å². The molecular weight excluding hydrogens is 571 g/mol. The lowest BCUT2D eigenvalue weighted by molar-refractivity contribution is -0.354. The second-order valence-corrected chi connectivity index (χ2v) is 16.7. The normalized spacial score (nSPS) is 44.7. The van der Waals surface area contributed by atoms with Crippen molar-refractivity contribution >= 4 is 17.7 Å². The molecule has 4 saturated carbocycles. The Balaban J connectivity index is 1.54. The van der Waals surface area contributed by atoms with Crippen molar-refractivity contribution in [2.24, 2.45) is 50.2 Å². The summed E-state index contributed by atoms with van der Waals surface area (Å²) in [6, 6.07) is 0. The number of hydrogen-bond donors (Lipinski definition) is 0. The molecule has 0 aromatic heterocycles. The van der Waals surface area contributed by atoms with E-state index in [4.69, 9.17) is 9.57 Å². The molecule has 0 radical (unpaired) electrons. The van der Waals surface area contributed by atoms with Gasteiger partial charge >= 0.3 is 12.3 Å². The van der Waals surface area contributed by atoms with Crippen LogP contribution in [0.5, 0.6) is 0 Å². The van der Waals surface area contributed by atoms with E-state index in [0.717, 1.165) is 37.7 Å². The molecule has 9 atom stereocenters. The van der Waals surface area contributed by atoms with Gasteiger partial charge in [0.05, 0.1) is 6.61 Å². The number of hydrogen-bond acceptors (Lipinski definition) is 5. The Morgan fingerprint density at radius 3 is 2.18 bits per heavy atom. The Labute approximate surface area is 260 Å². The molecule has 0 aromatic rings. The lowest BCUT2D eigenvalue weighted by Gasteiger charge is -2.70. The predicted octanol–water partition coefficient (Wildman–Crippen LogP) is 8.20. The maximum Gasteiger partial charge on any atom is 0.511 e. The molecule has 0 aliphatic heterocycles. The number of carbonyl (C=O) groups excluding carboxylic acids is 3. The average Bonchev–Trinajstić information content (AvgIpc) is 2.90. The molecule has 0 saturated heterocycles. The van der Waals surface area contributed by atoms with E-state index in [1.165, 1.54) is 13.8 Å². The first kappa shape index (κ1) is 33.5. The van der Waals surface area contributed by atoms with Crippen molar-refractivity contribution in [1.82, 2.24) is 5.06 Å². The van der Waals surface area contributed by atoms with Gasteiger partial charge in [0.2, 0.25) is 0 Å². The first-order chi connectivity index (χ1) is 20.1. The predicted molar refractivity (Wildman–Crippen MR) is 160 cm³/mol. The van der Waals surface area contributed by atoms with Gasteiger partial charge in [0.25, 0.3) is 5.91 Å². The van der Waals surface area contributed by atoms with Crippen LogP contribution in [0.2, 0.25) is 0 Å². The summed E-state index contributed by atoms with van der Waals surface area (Å²) >= 11 is 0. The van der Waals surface area contributed by atoms with Crippen LogP contribution >= 0.6 is 0 Å². The van der Waals surface area contributed by atoms with Crippen LogP contribution in [0, 0.1) is 50.2 Å². The van der Waals surface area contributed by atoms with Crippen molar-refractivity contribution in [3.05, 3.63) is 11.6 Å². The highest BCUT2D eigenvalue weighted by Crippen LogP contribution is 2.75. The SMILES string of the molecule is CCON(C(=O)[C@@]1(C)CC[C@]2(C)CC[C@]3(C)C(=CC(=O)[C@@H]4[C@@]5(C)CC[C@H](OC(C)=O)C(C)(C)C5CC[C@]43C)[C@@H]2C1)C(F)(F)F. The third-order valence-electron chi connectivity index (χ3n) is 14.0. The maximum absolute atomic E-state index is 14.6. The quantitative estimate of drug-likeness (QED) is 0.179. The fourth-order valence-corrected chi connectivity index (χ4v) is 11.4. The summed E-state index contributed by atoms with van der Waals surface area (Å²) in [6.07, 6.45) is 3.04. The van der Waals surface area contributed by atoms with E-state index >= 15 is 0 Å². The third kappa shape index (κ3) is 4.63. The minimum atomic E-state index is -4.94. The van der Waals surface area contributed by atoms with Gasteiger partial charge in [0.15, 0.2) is 5.78 Å². The summed E-state index contributed by atoms with van der Waals surface area (Å²) < 4.78 is 47.6. The number of alkyl halides is 3. The minimum absolute atomic E-state index is 0.114. The van der Waals surface area contributed by atoms with E-state index in [1.54, 1.807) is 6.92 Å². The number of halogens is 3. The molecule has 5 aliphatic carbocycles. The molecule has 0 aromatic carbocycles. The number of allylic oxidation sites excluding steroid dienone is 2. The zero-order valence-electron chi connectivity index (χ0n) is 28.1. The molecule has 0 spiro atoms. The average molecular weight is 624 g/mol. The second-order valence-electron chi connectivity index (χ2n) is 16.7. The van der Waals surface area contributed by atoms with Crippen molar-refractivity contribution in [3.63, 3.8) is 0 Å². The molecule has 0 heterocycles. The first-order valence-electron chi connectivity index (χ1n) is 16.6. The van der Waals surface area contributed by atoms with Gasteiger partial charge in [-0.2, -0.15) is 0 Å². The maximum atomic E-state index is 14.6. The Bertz CT molecular complexity index is 1260. The van der Waals surface area contributed by atoms with E-state index in [-0.39, 0.29) is 80.8 Å². The Morgan fingerprint density at radius 1 is 0.955 bits per heavy atom. The Morgan fingerprint density at radius 2 is 1.59 bits per heavy atom. The summed E-state index contributed by atoms with van der Waals surface area (Å²) in [7, 11) is 0. The minimum Gasteiger partial charge on any atom is -0.462 e. The number of amides is 1. The van der Waals surface area contributed by atoms with Crippen LogP contribution in [0.15, 0.2) is 11.6 Å². The van der Waals surface area contributed by atoms with Crippen LogP contribution in [0.3, 0.4) is 0 Å². The number of fused-ring (bicyclic) bond motifs is 7. The summed E-state index contributed by atoms with van der Waals surface area (Å²) in [5.41, 5.74) is -1.66. The molecule has 6 nitrogen and oxygen atoms in total. The second kappa shape index (κ2) is 10.3. The Hall–Kier alpha value is -1.90. The molecule has 1 unspecified atom stereocenters. The highest BCUT2D eigenvalue weighted by Gasteiger charge is 2.70. The van der Waals surface area contributed by atoms with Gasteiger partial charge in [0.1, 0.15) is 6.10 Å². The van der Waals surface area contributed by atoms with Gasteiger partial charge < -0.3 is 4.74 Å². The largest absolute Gasteiger partial charge is 0.511 e. The van der Waals surface area contributed by atoms with Crippen molar-refractivity contribution in [2.75, 3.05) is 6.61 Å². The Kier molecular flexibility index (Phi) is 7.83. The lowest BCUT2D eigenvalue weighted by Crippen LogP contribution is -2.67. The number of hydroxylamine groups is 2. The molecular formula is C35H52F3NO5. The number of esters is 1. The van der Waals surface area contributed by atoms with Crippen LogP contribution in [-0.2, 0) is 24.0 Å². The summed E-state index contributed by atoms with van der Waals surface area (Å²) in [5.74, 6) is -1.39. The monoisotopic (exact) mass is 623 g/mol. The molecule has 44 heavy (non-hydrogen) atoms. The van der Waals surface area contributed by atoms with E-state index in [1.807, 2.05) is 6.08 Å². The molecule has 1 amide bonds. The van der Waals surface area contributed by atoms with Crippen molar-refractivity contribution in [1.29, 1.82) is 0 Å². The van der Waals surface area contributed by atoms with Gasteiger partial charge in [-0.25, -0.2) is 0 Å².